The van der Waals surface area contributed by atoms with E-state index >= 15 is 0 Å². The first-order valence-corrected chi connectivity index (χ1v) is 11.3. The number of halogens is 2. The zero-order valence-electron chi connectivity index (χ0n) is 18.1. The number of nitrogens with zero attached hydrogens (tertiary/aromatic N) is 6. The van der Waals surface area contributed by atoms with Crippen molar-refractivity contribution in [1.29, 1.82) is 0 Å². The second kappa shape index (κ2) is 10.1. The van der Waals surface area contributed by atoms with E-state index in [-0.39, 0.29) is 5.28 Å². The SMILES string of the molecule is COCCN(C)CCC[C@H](C(C)C)N1CC2(CCN(c3nc(Cl)nnc3Cl)C2)C1. The molecule has 2 aliphatic heterocycles. The minimum absolute atomic E-state index is 0.149. The van der Waals surface area contributed by atoms with Crippen molar-refractivity contribution in [1.82, 2.24) is 25.0 Å². The van der Waals surface area contributed by atoms with Gasteiger partial charge in [0.05, 0.1) is 6.61 Å². The molecule has 0 unspecified atom stereocenters. The van der Waals surface area contributed by atoms with Crippen molar-refractivity contribution in [3.63, 3.8) is 0 Å². The number of rotatable bonds is 10. The number of aromatic nitrogens is 3. The normalized spacial score (nSPS) is 20.1. The van der Waals surface area contributed by atoms with E-state index < -0.39 is 0 Å². The van der Waals surface area contributed by atoms with Gasteiger partial charge in [-0.3, -0.25) is 4.90 Å². The Kier molecular flexibility index (Phi) is 7.95. The maximum atomic E-state index is 6.21. The molecule has 164 valence electrons. The van der Waals surface area contributed by atoms with Crippen LogP contribution in [0.2, 0.25) is 10.4 Å². The van der Waals surface area contributed by atoms with Crippen LogP contribution < -0.4 is 4.90 Å². The molecule has 0 radical (unpaired) electrons. The first-order chi connectivity index (χ1) is 13.8. The molecule has 1 spiro atoms. The van der Waals surface area contributed by atoms with E-state index in [0.29, 0.717) is 28.3 Å². The van der Waals surface area contributed by atoms with Gasteiger partial charge in [0.2, 0.25) is 5.28 Å². The summed E-state index contributed by atoms with van der Waals surface area (Å²) in [5, 5.41) is 8.11. The molecule has 1 aromatic rings. The number of hydrogen-bond donors (Lipinski definition) is 0. The molecule has 0 aliphatic carbocycles. The minimum atomic E-state index is 0.149. The number of methoxy groups -OCH3 is 1. The summed E-state index contributed by atoms with van der Waals surface area (Å²) in [6.07, 6.45) is 3.62. The van der Waals surface area contributed by atoms with E-state index in [1.807, 2.05) is 0 Å². The second-order valence-corrected chi connectivity index (χ2v) is 9.72. The van der Waals surface area contributed by atoms with E-state index in [1.54, 1.807) is 7.11 Å². The third-order valence-electron chi connectivity index (χ3n) is 6.37. The van der Waals surface area contributed by atoms with Gasteiger partial charge in [-0.05, 0) is 50.4 Å². The van der Waals surface area contributed by atoms with Crippen LogP contribution in [0.5, 0.6) is 0 Å². The molecule has 0 bridgehead atoms. The molecule has 0 saturated carbocycles. The average Bonchev–Trinajstić information content (AvgIpc) is 3.10. The predicted molar refractivity (Wildman–Crippen MR) is 118 cm³/mol. The van der Waals surface area contributed by atoms with Crippen molar-refractivity contribution in [2.75, 3.05) is 64.9 Å². The third-order valence-corrected chi connectivity index (χ3v) is 6.78. The van der Waals surface area contributed by atoms with Gasteiger partial charge in [0, 0.05) is 51.3 Å². The topological polar surface area (TPSA) is 57.6 Å². The molecule has 0 aromatic carbocycles. The highest BCUT2D eigenvalue weighted by molar-refractivity contribution is 6.32. The summed E-state index contributed by atoms with van der Waals surface area (Å²) in [5.74, 6) is 1.33. The zero-order chi connectivity index (χ0) is 21.0. The number of likely N-dealkylation sites (N-methyl/N-ethyl adjacent to an activating group) is 1. The lowest BCUT2D eigenvalue weighted by atomic mass is 9.76. The monoisotopic (exact) mass is 444 g/mol. The highest BCUT2D eigenvalue weighted by Gasteiger charge is 2.50. The zero-order valence-corrected chi connectivity index (χ0v) is 19.6. The molecule has 2 fully saturated rings. The molecule has 3 rings (SSSR count). The van der Waals surface area contributed by atoms with Crippen molar-refractivity contribution in [2.45, 2.75) is 39.2 Å². The van der Waals surface area contributed by atoms with Crippen molar-refractivity contribution >= 4 is 29.0 Å². The maximum absolute atomic E-state index is 6.21. The molecular formula is C20H34Cl2N6O. The van der Waals surface area contributed by atoms with Crippen LogP contribution in [0.25, 0.3) is 0 Å². The smallest absolute Gasteiger partial charge is 0.245 e. The third kappa shape index (κ3) is 5.70. The Hall–Kier alpha value is -0.730. The Morgan fingerprint density at radius 1 is 1.17 bits per heavy atom. The summed E-state index contributed by atoms with van der Waals surface area (Å²) < 4.78 is 5.17. The van der Waals surface area contributed by atoms with Gasteiger partial charge < -0.3 is 14.5 Å². The first kappa shape index (κ1) is 22.9. The largest absolute Gasteiger partial charge is 0.383 e. The van der Waals surface area contributed by atoms with Gasteiger partial charge in [-0.2, -0.15) is 4.98 Å². The Morgan fingerprint density at radius 2 is 1.93 bits per heavy atom. The van der Waals surface area contributed by atoms with Gasteiger partial charge in [-0.15, -0.1) is 10.2 Å². The molecule has 2 aliphatic rings. The van der Waals surface area contributed by atoms with Crippen LogP contribution in [0, 0.1) is 11.3 Å². The highest BCUT2D eigenvalue weighted by atomic mass is 35.5. The minimum Gasteiger partial charge on any atom is -0.383 e. The molecule has 0 amide bonds. The molecule has 3 heterocycles. The van der Waals surface area contributed by atoms with E-state index in [0.717, 1.165) is 52.3 Å². The highest BCUT2D eigenvalue weighted by Crippen LogP contribution is 2.43. The van der Waals surface area contributed by atoms with Crippen molar-refractivity contribution in [3.05, 3.63) is 10.4 Å². The Morgan fingerprint density at radius 3 is 2.62 bits per heavy atom. The average molecular weight is 445 g/mol. The van der Waals surface area contributed by atoms with Crippen molar-refractivity contribution in [3.8, 4) is 0 Å². The lowest BCUT2D eigenvalue weighted by molar-refractivity contribution is -0.0344. The molecule has 9 heteroatoms. The van der Waals surface area contributed by atoms with Gasteiger partial charge in [0.1, 0.15) is 0 Å². The first-order valence-electron chi connectivity index (χ1n) is 10.6. The van der Waals surface area contributed by atoms with Crippen LogP contribution in [-0.2, 0) is 4.74 Å². The van der Waals surface area contributed by atoms with E-state index in [2.05, 4.69) is 50.8 Å². The van der Waals surface area contributed by atoms with Crippen molar-refractivity contribution < 1.29 is 4.74 Å². The summed E-state index contributed by atoms with van der Waals surface area (Å²) in [6.45, 7) is 11.8. The molecule has 7 nitrogen and oxygen atoms in total. The van der Waals surface area contributed by atoms with Gasteiger partial charge in [-0.1, -0.05) is 25.4 Å². The maximum Gasteiger partial charge on any atom is 0.245 e. The van der Waals surface area contributed by atoms with E-state index in [9.17, 15) is 0 Å². The molecule has 0 N–H and O–H groups in total. The van der Waals surface area contributed by atoms with Crippen LogP contribution >= 0.6 is 23.2 Å². The molecule has 1 atom stereocenters. The Bertz CT molecular complexity index is 670. The van der Waals surface area contributed by atoms with Crippen LogP contribution in [0.4, 0.5) is 5.82 Å². The summed E-state index contributed by atoms with van der Waals surface area (Å²) in [6, 6.07) is 0.643. The fourth-order valence-electron chi connectivity index (χ4n) is 4.78. The lowest BCUT2D eigenvalue weighted by Gasteiger charge is -2.53. The predicted octanol–water partition coefficient (Wildman–Crippen LogP) is 3.07. The number of anilines is 1. The number of likely N-dealkylation sites (tertiary alicyclic amines) is 1. The summed E-state index contributed by atoms with van der Waals surface area (Å²) in [5.41, 5.74) is 0.336. The van der Waals surface area contributed by atoms with Gasteiger partial charge >= 0.3 is 0 Å². The van der Waals surface area contributed by atoms with Crippen LogP contribution in [0.15, 0.2) is 0 Å². The fourth-order valence-corrected chi connectivity index (χ4v) is 5.10. The Labute approximate surface area is 184 Å². The number of ether oxygens (including phenoxy) is 1. The quantitative estimate of drug-likeness (QED) is 0.549. The van der Waals surface area contributed by atoms with Gasteiger partial charge in [-0.25, -0.2) is 0 Å². The molecule has 1 aromatic heterocycles. The summed E-state index contributed by atoms with van der Waals surface area (Å²) >= 11 is 12.1. The van der Waals surface area contributed by atoms with E-state index in [1.165, 1.54) is 12.8 Å². The van der Waals surface area contributed by atoms with Crippen LogP contribution in [-0.4, -0.2) is 91.1 Å². The Balaban J connectivity index is 1.49. The van der Waals surface area contributed by atoms with Crippen LogP contribution in [0.3, 0.4) is 0 Å². The van der Waals surface area contributed by atoms with Crippen LogP contribution in [0.1, 0.15) is 33.1 Å². The molecular weight excluding hydrogens is 411 g/mol. The standard InChI is InChI=1S/C20H34Cl2N6O/c1-15(2)16(6-5-8-26(3)10-11-29-4)28-13-20(14-28)7-9-27(12-20)18-17(21)24-25-19(22)23-18/h15-16H,5-14H2,1-4H3/t16-/m1/s1. The van der Waals surface area contributed by atoms with Gasteiger partial charge in [0.15, 0.2) is 11.0 Å². The second-order valence-electron chi connectivity index (χ2n) is 9.02. The molecule has 2 saturated heterocycles. The summed E-state index contributed by atoms with van der Waals surface area (Å²) in [4.78, 5) is 11.6. The van der Waals surface area contributed by atoms with Gasteiger partial charge in [0.25, 0.3) is 0 Å². The lowest BCUT2D eigenvalue weighted by Crippen LogP contribution is -2.62. The summed E-state index contributed by atoms with van der Waals surface area (Å²) in [7, 11) is 3.94. The fraction of sp³-hybridized carbons (Fsp3) is 0.850. The van der Waals surface area contributed by atoms with E-state index in [4.69, 9.17) is 27.9 Å². The van der Waals surface area contributed by atoms with Crippen molar-refractivity contribution in [2.24, 2.45) is 11.3 Å². The molecule has 29 heavy (non-hydrogen) atoms. The number of hydrogen-bond acceptors (Lipinski definition) is 7.